The summed E-state index contributed by atoms with van der Waals surface area (Å²) in [6, 6.07) is 20.8. The maximum atomic E-state index is 12.8. The molecule has 0 N–H and O–H groups in total. The number of benzene rings is 3. The van der Waals surface area contributed by atoms with E-state index >= 15 is 0 Å². The van der Waals surface area contributed by atoms with Crippen LogP contribution >= 0.6 is 50.9 Å². The molecule has 0 atom stereocenters. The molecule has 0 bridgehead atoms. The van der Waals surface area contributed by atoms with Gasteiger partial charge in [0.1, 0.15) is 12.4 Å². The highest BCUT2D eigenvalue weighted by Gasteiger charge is 2.34. The zero-order chi connectivity index (χ0) is 24.1. The van der Waals surface area contributed by atoms with Gasteiger partial charge in [-0.3, -0.25) is 14.5 Å². The predicted octanol–water partition coefficient (Wildman–Crippen LogP) is 8.00. The molecule has 3 aromatic rings. The lowest BCUT2D eigenvalue weighted by Crippen LogP contribution is -2.29. The van der Waals surface area contributed by atoms with Crippen molar-refractivity contribution in [1.29, 1.82) is 0 Å². The Morgan fingerprint density at radius 2 is 1.79 bits per heavy atom. The Bertz CT molecular complexity index is 1250. The first-order chi connectivity index (χ1) is 16.4. The number of amides is 2. The molecule has 0 radical (unpaired) electrons. The summed E-state index contributed by atoms with van der Waals surface area (Å²) < 4.78 is 6.60. The molecular formula is C26H20BrCl2NO3S. The minimum atomic E-state index is -0.253. The molecule has 4 rings (SSSR count). The summed E-state index contributed by atoms with van der Waals surface area (Å²) in [6.45, 7) is 0.691. The molecule has 1 fully saturated rings. The standard InChI is InChI=1S/C26H20BrCl2NO3S/c27-21-13-18(8-11-23(21)33-16-19-9-10-20(28)15-22(19)29)14-24-25(31)30(26(32)34-24)12-4-7-17-5-2-1-3-6-17/h1-3,5-6,8-11,13-15H,4,7,12,16H2/b24-14+. The largest absolute Gasteiger partial charge is 0.488 e. The molecule has 2 amide bonds. The van der Waals surface area contributed by atoms with Crippen LogP contribution in [0.4, 0.5) is 4.79 Å². The van der Waals surface area contributed by atoms with Crippen LogP contribution in [0.2, 0.25) is 10.0 Å². The molecule has 0 saturated carbocycles. The van der Waals surface area contributed by atoms with E-state index in [9.17, 15) is 9.59 Å². The molecule has 4 nitrogen and oxygen atoms in total. The van der Waals surface area contributed by atoms with Crippen LogP contribution in [-0.2, 0) is 17.8 Å². The van der Waals surface area contributed by atoms with Crippen molar-refractivity contribution in [2.75, 3.05) is 6.54 Å². The highest BCUT2D eigenvalue weighted by molar-refractivity contribution is 9.10. The second kappa shape index (κ2) is 11.5. The third-order valence-electron chi connectivity index (χ3n) is 5.22. The number of ether oxygens (including phenoxy) is 1. The minimum Gasteiger partial charge on any atom is -0.488 e. The van der Waals surface area contributed by atoms with Crippen LogP contribution in [0.3, 0.4) is 0 Å². The highest BCUT2D eigenvalue weighted by atomic mass is 79.9. The van der Waals surface area contributed by atoms with E-state index in [2.05, 4.69) is 15.9 Å². The number of halogens is 3. The van der Waals surface area contributed by atoms with E-state index in [-0.39, 0.29) is 17.8 Å². The Kier molecular flexibility index (Phi) is 8.37. The second-order valence-electron chi connectivity index (χ2n) is 7.64. The Labute approximate surface area is 221 Å². The van der Waals surface area contributed by atoms with Crippen LogP contribution in [0.5, 0.6) is 5.75 Å². The van der Waals surface area contributed by atoms with Gasteiger partial charge in [0.05, 0.1) is 9.38 Å². The van der Waals surface area contributed by atoms with Crippen molar-refractivity contribution >= 4 is 68.1 Å². The molecule has 0 aromatic heterocycles. The third kappa shape index (κ3) is 6.25. The molecule has 3 aromatic carbocycles. The number of thioether (sulfide) groups is 1. The number of carbonyl (C=O) groups excluding carboxylic acids is 2. The van der Waals surface area contributed by atoms with Gasteiger partial charge in [0.25, 0.3) is 11.1 Å². The predicted molar refractivity (Wildman–Crippen MR) is 142 cm³/mol. The summed E-state index contributed by atoms with van der Waals surface area (Å²) in [5.74, 6) is 0.383. The number of hydrogen-bond acceptors (Lipinski definition) is 4. The number of nitrogens with zero attached hydrogens (tertiary/aromatic N) is 1. The first-order valence-electron chi connectivity index (χ1n) is 10.6. The lowest BCUT2D eigenvalue weighted by molar-refractivity contribution is -0.122. The number of imide groups is 1. The molecule has 0 aliphatic carbocycles. The van der Waals surface area contributed by atoms with Gasteiger partial charge >= 0.3 is 0 Å². The molecular weight excluding hydrogens is 557 g/mol. The summed E-state index contributed by atoms with van der Waals surface area (Å²) in [7, 11) is 0. The molecule has 0 unspecified atom stereocenters. The van der Waals surface area contributed by atoms with Crippen molar-refractivity contribution in [2.24, 2.45) is 0 Å². The maximum absolute atomic E-state index is 12.8. The van der Waals surface area contributed by atoms with E-state index in [0.29, 0.717) is 27.2 Å². The van der Waals surface area contributed by atoms with E-state index in [1.54, 1.807) is 18.2 Å². The molecule has 1 heterocycles. The molecule has 1 aliphatic heterocycles. The zero-order valence-electron chi connectivity index (χ0n) is 18.0. The van der Waals surface area contributed by atoms with Gasteiger partial charge in [-0.25, -0.2) is 0 Å². The van der Waals surface area contributed by atoms with Crippen LogP contribution in [0, 0.1) is 0 Å². The quantitative estimate of drug-likeness (QED) is 0.255. The topological polar surface area (TPSA) is 46.6 Å². The van der Waals surface area contributed by atoms with Gasteiger partial charge in [-0.2, -0.15) is 0 Å². The fourth-order valence-corrected chi connectivity index (χ4v) is 5.29. The van der Waals surface area contributed by atoms with E-state index < -0.39 is 0 Å². The van der Waals surface area contributed by atoms with Crippen molar-refractivity contribution < 1.29 is 14.3 Å². The second-order valence-corrected chi connectivity index (χ2v) is 10.3. The molecule has 0 spiro atoms. The highest BCUT2D eigenvalue weighted by Crippen LogP contribution is 2.34. The SMILES string of the molecule is O=C1S/C(=C/c2ccc(OCc3ccc(Cl)cc3Cl)c(Br)c2)C(=O)N1CCCc1ccccc1. The van der Waals surface area contributed by atoms with Crippen LogP contribution in [-0.4, -0.2) is 22.6 Å². The Morgan fingerprint density at radius 1 is 1.00 bits per heavy atom. The van der Waals surface area contributed by atoms with Gasteiger partial charge in [-0.1, -0.05) is 65.7 Å². The number of carbonyl (C=O) groups is 2. The number of rotatable bonds is 8. The maximum Gasteiger partial charge on any atom is 0.293 e. The van der Waals surface area contributed by atoms with Gasteiger partial charge in [0, 0.05) is 22.2 Å². The van der Waals surface area contributed by atoms with Gasteiger partial charge in [0.15, 0.2) is 0 Å². The summed E-state index contributed by atoms with van der Waals surface area (Å²) in [4.78, 5) is 26.9. The minimum absolute atomic E-state index is 0.233. The molecule has 1 saturated heterocycles. The number of hydrogen-bond donors (Lipinski definition) is 0. The van der Waals surface area contributed by atoms with Crippen molar-refractivity contribution in [3.63, 3.8) is 0 Å². The van der Waals surface area contributed by atoms with Gasteiger partial charge in [-0.05, 0) is 82.0 Å². The lowest BCUT2D eigenvalue weighted by Gasteiger charge is -2.12. The Balaban J connectivity index is 1.37. The van der Waals surface area contributed by atoms with Crippen LogP contribution < -0.4 is 4.74 Å². The molecule has 8 heteroatoms. The third-order valence-corrected chi connectivity index (χ3v) is 7.33. The smallest absolute Gasteiger partial charge is 0.293 e. The fraction of sp³-hybridized carbons (Fsp3) is 0.154. The normalized spacial score (nSPS) is 14.8. The summed E-state index contributed by atoms with van der Waals surface area (Å²) in [6.07, 6.45) is 3.27. The first kappa shape index (κ1) is 24.9. The van der Waals surface area contributed by atoms with Gasteiger partial charge in [-0.15, -0.1) is 0 Å². The van der Waals surface area contributed by atoms with Gasteiger partial charge in [0.2, 0.25) is 0 Å². The number of aryl methyl sites for hydroxylation is 1. The van der Waals surface area contributed by atoms with Crippen molar-refractivity contribution in [3.8, 4) is 5.75 Å². The van der Waals surface area contributed by atoms with E-state index in [1.807, 2.05) is 54.6 Å². The first-order valence-corrected chi connectivity index (χ1v) is 12.9. The molecule has 34 heavy (non-hydrogen) atoms. The van der Waals surface area contributed by atoms with Gasteiger partial charge < -0.3 is 4.74 Å². The van der Waals surface area contributed by atoms with Crippen molar-refractivity contribution in [2.45, 2.75) is 19.4 Å². The van der Waals surface area contributed by atoms with Crippen molar-refractivity contribution in [3.05, 3.63) is 103 Å². The Morgan fingerprint density at radius 3 is 2.53 bits per heavy atom. The summed E-state index contributed by atoms with van der Waals surface area (Å²) in [5.41, 5.74) is 2.80. The van der Waals surface area contributed by atoms with E-state index in [4.69, 9.17) is 27.9 Å². The van der Waals surface area contributed by atoms with Crippen LogP contribution in [0.25, 0.3) is 6.08 Å². The molecule has 1 aliphatic rings. The van der Waals surface area contributed by atoms with Crippen LogP contribution in [0.15, 0.2) is 76.1 Å². The average Bonchev–Trinajstić information content (AvgIpc) is 3.07. The van der Waals surface area contributed by atoms with Crippen LogP contribution in [0.1, 0.15) is 23.1 Å². The fourth-order valence-electron chi connectivity index (χ4n) is 3.45. The zero-order valence-corrected chi connectivity index (χ0v) is 21.9. The van der Waals surface area contributed by atoms with E-state index in [0.717, 1.165) is 40.2 Å². The van der Waals surface area contributed by atoms with Crippen molar-refractivity contribution in [1.82, 2.24) is 4.90 Å². The lowest BCUT2D eigenvalue weighted by atomic mass is 10.1. The van der Waals surface area contributed by atoms with E-state index in [1.165, 1.54) is 10.5 Å². The summed E-state index contributed by atoms with van der Waals surface area (Å²) >= 11 is 16.6. The molecule has 174 valence electrons. The summed E-state index contributed by atoms with van der Waals surface area (Å²) in [5, 5.41) is 0.878. The average molecular weight is 577 g/mol. The Hall–Kier alpha value is -2.25. The monoisotopic (exact) mass is 575 g/mol.